The molecule has 0 bridgehead atoms. The van der Waals surface area contributed by atoms with Crippen LogP contribution in [0.1, 0.15) is 9.80 Å². The number of nitrogens with zero attached hydrogens (tertiary/aromatic N) is 1. The lowest BCUT2D eigenvalue weighted by molar-refractivity contribution is 0.0556. The van der Waals surface area contributed by atoms with Crippen molar-refractivity contribution in [2.45, 2.75) is 0 Å². The quantitative estimate of drug-likeness (QED) is 0.588. The molecule has 0 spiro atoms. The van der Waals surface area contributed by atoms with Gasteiger partial charge in [0.25, 0.3) is 0 Å². The molecule has 62 valence electrons. The molecule has 1 heterocycles. The lowest BCUT2D eigenvalue weighted by Crippen LogP contribution is -2.04. The van der Waals surface area contributed by atoms with Crippen LogP contribution in [0.2, 0.25) is 0 Å². The van der Waals surface area contributed by atoms with E-state index >= 15 is 0 Å². The number of rotatable bonds is 2. The van der Waals surface area contributed by atoms with E-state index < -0.39 is 5.97 Å². The Morgan fingerprint density at radius 2 is 2.67 bits per heavy atom. The molecule has 0 amide bonds. The second-order valence-corrected chi connectivity index (χ2v) is 4.16. The maximum Gasteiger partial charge on any atom is 0.368 e. The van der Waals surface area contributed by atoms with Gasteiger partial charge in [-0.1, -0.05) is 5.92 Å². The zero-order valence-electron chi connectivity index (χ0n) is 5.91. The standard InChI is InChI=1S/C7H4BrNO2S/c1-2-3-11-7(10)6-9-4-5(8)12-6/h1,4H,3H2. The number of thiazole rings is 1. The Morgan fingerprint density at radius 1 is 1.92 bits per heavy atom. The number of aromatic nitrogens is 1. The second-order valence-electron chi connectivity index (χ2n) is 1.75. The predicted molar refractivity (Wildman–Crippen MR) is 48.9 cm³/mol. The molecule has 3 nitrogen and oxygen atoms in total. The summed E-state index contributed by atoms with van der Waals surface area (Å²) in [5.74, 6) is 1.71. The van der Waals surface area contributed by atoms with Gasteiger partial charge in [-0.25, -0.2) is 9.78 Å². The molecule has 0 saturated heterocycles. The van der Waals surface area contributed by atoms with Crippen molar-refractivity contribution in [3.63, 3.8) is 0 Å². The molecular formula is C7H4BrNO2S. The highest BCUT2D eigenvalue weighted by Gasteiger charge is 2.10. The Labute approximate surface area is 81.9 Å². The summed E-state index contributed by atoms with van der Waals surface area (Å²) in [5, 5.41) is 0.303. The Morgan fingerprint density at radius 3 is 3.17 bits per heavy atom. The van der Waals surface area contributed by atoms with Gasteiger partial charge >= 0.3 is 5.97 Å². The number of terminal acetylenes is 1. The second kappa shape index (κ2) is 4.24. The van der Waals surface area contributed by atoms with Crippen LogP contribution in [-0.4, -0.2) is 17.6 Å². The van der Waals surface area contributed by atoms with E-state index in [2.05, 4.69) is 31.6 Å². The monoisotopic (exact) mass is 245 g/mol. The Bertz CT molecular complexity index is 328. The van der Waals surface area contributed by atoms with E-state index in [0.29, 0.717) is 5.01 Å². The molecule has 12 heavy (non-hydrogen) atoms. The summed E-state index contributed by atoms with van der Waals surface area (Å²) in [6, 6.07) is 0. The summed E-state index contributed by atoms with van der Waals surface area (Å²) >= 11 is 4.39. The number of carbonyl (C=O) groups excluding carboxylic acids is 1. The fourth-order valence-electron chi connectivity index (χ4n) is 0.518. The van der Waals surface area contributed by atoms with Crippen molar-refractivity contribution in [2.75, 3.05) is 6.61 Å². The number of hydrogen-bond acceptors (Lipinski definition) is 4. The number of carbonyl (C=O) groups is 1. The topological polar surface area (TPSA) is 39.2 Å². The highest BCUT2D eigenvalue weighted by molar-refractivity contribution is 9.11. The van der Waals surface area contributed by atoms with Gasteiger partial charge < -0.3 is 4.74 Å². The summed E-state index contributed by atoms with van der Waals surface area (Å²) in [5.41, 5.74) is 0. The molecule has 1 aromatic heterocycles. The highest BCUT2D eigenvalue weighted by atomic mass is 79.9. The first-order valence-electron chi connectivity index (χ1n) is 2.96. The third-order valence-electron chi connectivity index (χ3n) is 0.939. The minimum Gasteiger partial charge on any atom is -0.447 e. The van der Waals surface area contributed by atoms with E-state index in [1.165, 1.54) is 17.5 Å². The van der Waals surface area contributed by atoms with Crippen molar-refractivity contribution < 1.29 is 9.53 Å². The molecule has 0 aromatic carbocycles. The van der Waals surface area contributed by atoms with Crippen LogP contribution < -0.4 is 0 Å². The van der Waals surface area contributed by atoms with E-state index in [4.69, 9.17) is 6.42 Å². The molecule has 0 unspecified atom stereocenters. The van der Waals surface area contributed by atoms with Crippen molar-refractivity contribution in [1.29, 1.82) is 0 Å². The molecule has 0 aliphatic rings. The number of halogens is 1. The van der Waals surface area contributed by atoms with Gasteiger partial charge in [0.2, 0.25) is 5.01 Å². The predicted octanol–water partition coefficient (Wildman–Crippen LogP) is 1.70. The maximum absolute atomic E-state index is 11.0. The van der Waals surface area contributed by atoms with E-state index in [9.17, 15) is 4.79 Å². The van der Waals surface area contributed by atoms with Crippen LogP contribution in [0.3, 0.4) is 0 Å². The lowest BCUT2D eigenvalue weighted by atomic mass is 10.7. The van der Waals surface area contributed by atoms with Crippen molar-refractivity contribution >= 4 is 33.2 Å². The van der Waals surface area contributed by atoms with Crippen LogP contribution in [0.25, 0.3) is 0 Å². The summed E-state index contributed by atoms with van der Waals surface area (Å²) in [4.78, 5) is 14.8. The minimum atomic E-state index is -0.483. The van der Waals surface area contributed by atoms with Crippen LogP contribution in [0.4, 0.5) is 0 Å². The zero-order chi connectivity index (χ0) is 8.97. The molecule has 0 atom stereocenters. The van der Waals surface area contributed by atoms with Crippen molar-refractivity contribution in [2.24, 2.45) is 0 Å². The smallest absolute Gasteiger partial charge is 0.368 e. The van der Waals surface area contributed by atoms with Gasteiger partial charge in [-0.15, -0.1) is 17.8 Å². The number of esters is 1. The van der Waals surface area contributed by atoms with E-state index in [0.717, 1.165) is 3.79 Å². The third-order valence-corrected chi connectivity index (χ3v) is 2.39. The SMILES string of the molecule is C#CCOC(=O)c1ncc(Br)s1. The number of ether oxygens (including phenoxy) is 1. The minimum absolute atomic E-state index is 0.0178. The van der Waals surface area contributed by atoms with Gasteiger partial charge in [-0.3, -0.25) is 0 Å². The zero-order valence-corrected chi connectivity index (χ0v) is 8.31. The summed E-state index contributed by atoms with van der Waals surface area (Å²) in [6.45, 7) is -0.0178. The van der Waals surface area contributed by atoms with E-state index in [1.807, 2.05) is 0 Å². The average molecular weight is 246 g/mol. The van der Waals surface area contributed by atoms with Crippen molar-refractivity contribution in [3.05, 3.63) is 15.0 Å². The van der Waals surface area contributed by atoms with E-state index in [1.54, 1.807) is 0 Å². The Balaban J connectivity index is 2.61. The molecule has 0 fully saturated rings. The Kier molecular flexibility index (Phi) is 3.26. The molecule has 1 rings (SSSR count). The first-order valence-corrected chi connectivity index (χ1v) is 4.57. The summed E-state index contributed by atoms with van der Waals surface area (Å²) in [7, 11) is 0. The van der Waals surface area contributed by atoms with Gasteiger partial charge in [0, 0.05) is 0 Å². The summed E-state index contributed by atoms with van der Waals surface area (Å²) < 4.78 is 5.43. The van der Waals surface area contributed by atoms with Gasteiger partial charge in [0.05, 0.1) is 9.98 Å². The van der Waals surface area contributed by atoms with Crippen LogP contribution in [0, 0.1) is 12.3 Å². The average Bonchev–Trinajstić information content (AvgIpc) is 2.47. The van der Waals surface area contributed by atoms with Crippen molar-refractivity contribution in [1.82, 2.24) is 4.98 Å². The molecule has 0 saturated carbocycles. The molecule has 5 heteroatoms. The maximum atomic E-state index is 11.0. The molecule has 0 aliphatic heterocycles. The first-order chi connectivity index (χ1) is 5.74. The Hall–Kier alpha value is -0.860. The normalized spacial score (nSPS) is 9.00. The summed E-state index contributed by atoms with van der Waals surface area (Å²) in [6.07, 6.45) is 6.45. The highest BCUT2D eigenvalue weighted by Crippen LogP contribution is 2.19. The van der Waals surface area contributed by atoms with Crippen LogP contribution >= 0.6 is 27.3 Å². The van der Waals surface area contributed by atoms with Gasteiger partial charge in [0.15, 0.2) is 6.61 Å². The van der Waals surface area contributed by atoms with Crippen LogP contribution in [0.15, 0.2) is 9.98 Å². The first kappa shape index (κ1) is 9.23. The molecule has 1 aromatic rings. The van der Waals surface area contributed by atoms with Gasteiger partial charge in [0.1, 0.15) is 0 Å². The van der Waals surface area contributed by atoms with Crippen LogP contribution in [0.5, 0.6) is 0 Å². The molecule has 0 aliphatic carbocycles. The molecule has 0 N–H and O–H groups in total. The van der Waals surface area contributed by atoms with Gasteiger partial charge in [-0.05, 0) is 15.9 Å². The fourth-order valence-corrected chi connectivity index (χ4v) is 1.62. The van der Waals surface area contributed by atoms with Gasteiger partial charge in [-0.2, -0.15) is 0 Å². The molecular weight excluding hydrogens is 242 g/mol. The van der Waals surface area contributed by atoms with Crippen molar-refractivity contribution in [3.8, 4) is 12.3 Å². The number of hydrogen-bond donors (Lipinski definition) is 0. The largest absolute Gasteiger partial charge is 0.447 e. The van der Waals surface area contributed by atoms with E-state index in [-0.39, 0.29) is 6.61 Å². The fraction of sp³-hybridized carbons (Fsp3) is 0.143. The lowest BCUT2D eigenvalue weighted by Gasteiger charge is -1.94. The third kappa shape index (κ3) is 2.32. The van der Waals surface area contributed by atoms with Crippen LogP contribution in [-0.2, 0) is 4.74 Å². The molecule has 0 radical (unpaired) electrons.